The molecule has 122 valence electrons. The summed E-state index contributed by atoms with van der Waals surface area (Å²) < 4.78 is 5.25. The topological polar surface area (TPSA) is 87.2 Å². The standard InChI is InChI=1S/C16H18N2O5/c1-10(14(20)17-6-7-23-9-11(17)8-19)18-15(21)12-4-2-3-5-13(12)16(18)22/h2-5,10-11,19H,6-9H2,1H3. The van der Waals surface area contributed by atoms with Crippen molar-refractivity contribution in [2.24, 2.45) is 0 Å². The van der Waals surface area contributed by atoms with Gasteiger partial charge in [0, 0.05) is 6.54 Å². The molecule has 2 atom stereocenters. The highest BCUT2D eigenvalue weighted by molar-refractivity contribution is 6.22. The summed E-state index contributed by atoms with van der Waals surface area (Å²) in [5.74, 6) is -1.28. The number of hydrogen-bond donors (Lipinski definition) is 1. The molecule has 7 nitrogen and oxygen atoms in total. The average Bonchev–Trinajstić information content (AvgIpc) is 2.85. The van der Waals surface area contributed by atoms with Crippen LogP contribution >= 0.6 is 0 Å². The largest absolute Gasteiger partial charge is 0.394 e. The Bertz CT molecular complexity index is 625. The van der Waals surface area contributed by atoms with Crippen LogP contribution in [0, 0.1) is 0 Å². The SMILES string of the molecule is CC(C(=O)N1CCOCC1CO)N1C(=O)c2ccccc2C1=O. The number of amides is 3. The molecule has 23 heavy (non-hydrogen) atoms. The van der Waals surface area contributed by atoms with Crippen LogP contribution in [-0.2, 0) is 9.53 Å². The second-order valence-corrected chi connectivity index (χ2v) is 5.64. The molecule has 0 aromatic heterocycles. The lowest BCUT2D eigenvalue weighted by atomic mass is 10.1. The Morgan fingerprint density at radius 2 is 1.91 bits per heavy atom. The van der Waals surface area contributed by atoms with E-state index in [0.29, 0.717) is 24.3 Å². The molecule has 2 aliphatic rings. The summed E-state index contributed by atoms with van der Waals surface area (Å²) in [6.45, 7) is 2.26. The fraction of sp³-hybridized carbons (Fsp3) is 0.438. The molecular formula is C16H18N2O5. The third kappa shape index (κ3) is 2.51. The molecule has 1 saturated heterocycles. The highest BCUT2D eigenvalue weighted by atomic mass is 16.5. The summed E-state index contributed by atoms with van der Waals surface area (Å²) in [5, 5.41) is 9.38. The molecule has 3 amide bonds. The molecule has 2 heterocycles. The normalized spacial score (nSPS) is 22.3. The maximum Gasteiger partial charge on any atom is 0.262 e. The van der Waals surface area contributed by atoms with Crippen molar-refractivity contribution in [2.45, 2.75) is 19.0 Å². The highest BCUT2D eigenvalue weighted by Crippen LogP contribution is 2.25. The Morgan fingerprint density at radius 1 is 1.30 bits per heavy atom. The number of nitrogens with zero attached hydrogens (tertiary/aromatic N) is 2. The van der Waals surface area contributed by atoms with Gasteiger partial charge in [0.05, 0.1) is 37.0 Å². The van der Waals surface area contributed by atoms with Gasteiger partial charge in [-0.15, -0.1) is 0 Å². The summed E-state index contributed by atoms with van der Waals surface area (Å²) in [6, 6.07) is 5.16. The molecule has 3 rings (SSSR count). The molecule has 7 heteroatoms. The first-order valence-electron chi connectivity index (χ1n) is 7.52. The zero-order valence-electron chi connectivity index (χ0n) is 12.8. The maximum absolute atomic E-state index is 12.7. The minimum absolute atomic E-state index is 0.222. The molecule has 1 aromatic carbocycles. The summed E-state index contributed by atoms with van der Waals surface area (Å²) in [6.07, 6.45) is 0. The number of benzene rings is 1. The Balaban J connectivity index is 1.83. The zero-order valence-corrected chi connectivity index (χ0v) is 12.8. The van der Waals surface area contributed by atoms with Gasteiger partial charge in [-0.2, -0.15) is 0 Å². The Labute approximate surface area is 133 Å². The second-order valence-electron chi connectivity index (χ2n) is 5.64. The smallest absolute Gasteiger partial charge is 0.262 e. The van der Waals surface area contributed by atoms with Crippen molar-refractivity contribution < 1.29 is 24.2 Å². The first-order valence-corrected chi connectivity index (χ1v) is 7.52. The number of carbonyl (C=O) groups excluding carboxylic acids is 3. The summed E-state index contributed by atoms with van der Waals surface area (Å²) >= 11 is 0. The van der Waals surface area contributed by atoms with Gasteiger partial charge in [0.25, 0.3) is 11.8 Å². The van der Waals surface area contributed by atoms with E-state index in [1.165, 1.54) is 11.8 Å². The number of imide groups is 1. The molecule has 1 fully saturated rings. The van der Waals surface area contributed by atoms with Crippen molar-refractivity contribution in [3.05, 3.63) is 35.4 Å². The fourth-order valence-corrected chi connectivity index (χ4v) is 3.01. The van der Waals surface area contributed by atoms with E-state index in [1.54, 1.807) is 24.3 Å². The van der Waals surface area contributed by atoms with Crippen molar-refractivity contribution in [3.63, 3.8) is 0 Å². The van der Waals surface area contributed by atoms with E-state index < -0.39 is 23.9 Å². The molecule has 2 unspecified atom stereocenters. The van der Waals surface area contributed by atoms with Crippen LogP contribution in [-0.4, -0.2) is 71.1 Å². The number of carbonyl (C=O) groups is 3. The molecule has 0 bridgehead atoms. The van der Waals surface area contributed by atoms with Crippen LogP contribution in [0.5, 0.6) is 0 Å². The van der Waals surface area contributed by atoms with Crippen LogP contribution in [0.4, 0.5) is 0 Å². The lowest BCUT2D eigenvalue weighted by molar-refractivity contribution is -0.145. The average molecular weight is 318 g/mol. The van der Waals surface area contributed by atoms with E-state index in [-0.39, 0.29) is 19.1 Å². The number of fused-ring (bicyclic) bond motifs is 1. The molecular weight excluding hydrogens is 300 g/mol. The zero-order chi connectivity index (χ0) is 16.6. The molecule has 1 aromatic rings. The summed E-state index contributed by atoms with van der Waals surface area (Å²) in [5.41, 5.74) is 0.635. The second kappa shape index (κ2) is 6.10. The third-order valence-electron chi connectivity index (χ3n) is 4.29. The van der Waals surface area contributed by atoms with Gasteiger partial charge in [0.15, 0.2) is 0 Å². The van der Waals surface area contributed by atoms with Crippen molar-refractivity contribution in [1.82, 2.24) is 9.80 Å². The molecule has 0 aliphatic carbocycles. The lowest BCUT2D eigenvalue weighted by Gasteiger charge is -2.37. The van der Waals surface area contributed by atoms with E-state index in [4.69, 9.17) is 4.74 Å². The Morgan fingerprint density at radius 3 is 2.48 bits per heavy atom. The quantitative estimate of drug-likeness (QED) is 0.786. The minimum atomic E-state index is -0.922. The molecule has 2 aliphatic heterocycles. The van der Waals surface area contributed by atoms with Crippen LogP contribution in [0.15, 0.2) is 24.3 Å². The van der Waals surface area contributed by atoms with Gasteiger partial charge < -0.3 is 14.7 Å². The maximum atomic E-state index is 12.7. The lowest BCUT2D eigenvalue weighted by Crippen LogP contribution is -2.57. The van der Waals surface area contributed by atoms with E-state index in [9.17, 15) is 19.5 Å². The van der Waals surface area contributed by atoms with Crippen molar-refractivity contribution in [1.29, 1.82) is 0 Å². The van der Waals surface area contributed by atoms with Gasteiger partial charge in [-0.1, -0.05) is 12.1 Å². The number of morpholine rings is 1. The van der Waals surface area contributed by atoms with Gasteiger partial charge in [-0.25, -0.2) is 0 Å². The van der Waals surface area contributed by atoms with E-state index in [1.807, 2.05) is 0 Å². The fourth-order valence-electron chi connectivity index (χ4n) is 3.01. The number of hydrogen-bond acceptors (Lipinski definition) is 5. The summed E-state index contributed by atoms with van der Waals surface area (Å²) in [4.78, 5) is 40.1. The van der Waals surface area contributed by atoms with Crippen molar-refractivity contribution >= 4 is 17.7 Å². The monoisotopic (exact) mass is 318 g/mol. The third-order valence-corrected chi connectivity index (χ3v) is 4.29. The van der Waals surface area contributed by atoms with Gasteiger partial charge >= 0.3 is 0 Å². The van der Waals surface area contributed by atoms with Crippen molar-refractivity contribution in [3.8, 4) is 0 Å². The highest BCUT2D eigenvalue weighted by Gasteiger charge is 2.42. The van der Waals surface area contributed by atoms with Crippen LogP contribution in [0.25, 0.3) is 0 Å². The van der Waals surface area contributed by atoms with Gasteiger partial charge in [-0.05, 0) is 19.1 Å². The van der Waals surface area contributed by atoms with Crippen LogP contribution in [0.1, 0.15) is 27.6 Å². The first-order chi connectivity index (χ1) is 11.1. The number of aliphatic hydroxyl groups is 1. The predicted octanol–water partition coefficient (Wildman–Crippen LogP) is -0.109. The molecule has 1 N–H and O–H groups in total. The number of ether oxygens (including phenoxy) is 1. The Kier molecular flexibility index (Phi) is 4.14. The number of aliphatic hydroxyl groups excluding tert-OH is 1. The summed E-state index contributed by atoms with van der Waals surface area (Å²) in [7, 11) is 0. The van der Waals surface area contributed by atoms with Gasteiger partial charge in [0.1, 0.15) is 6.04 Å². The van der Waals surface area contributed by atoms with E-state index in [0.717, 1.165) is 4.90 Å². The minimum Gasteiger partial charge on any atom is -0.394 e. The van der Waals surface area contributed by atoms with E-state index in [2.05, 4.69) is 0 Å². The van der Waals surface area contributed by atoms with Gasteiger partial charge in [-0.3, -0.25) is 19.3 Å². The van der Waals surface area contributed by atoms with E-state index >= 15 is 0 Å². The first kappa shape index (κ1) is 15.6. The molecule has 0 radical (unpaired) electrons. The van der Waals surface area contributed by atoms with Crippen LogP contribution < -0.4 is 0 Å². The number of rotatable bonds is 3. The molecule has 0 saturated carbocycles. The Hall–Kier alpha value is -2.25. The van der Waals surface area contributed by atoms with Crippen molar-refractivity contribution in [2.75, 3.05) is 26.4 Å². The predicted molar refractivity (Wildman–Crippen MR) is 79.8 cm³/mol. The van der Waals surface area contributed by atoms with Crippen LogP contribution in [0.3, 0.4) is 0 Å². The van der Waals surface area contributed by atoms with Crippen LogP contribution in [0.2, 0.25) is 0 Å². The van der Waals surface area contributed by atoms with Gasteiger partial charge in [0.2, 0.25) is 5.91 Å². The molecule has 0 spiro atoms.